The SMILES string of the molecule is c1ccc2c(c1)CNCCN2c1ccc2c(n1)CCC2. The van der Waals surface area contributed by atoms with Gasteiger partial charge in [0.2, 0.25) is 0 Å². The van der Waals surface area contributed by atoms with E-state index in [0.717, 1.165) is 31.9 Å². The van der Waals surface area contributed by atoms with E-state index < -0.39 is 0 Å². The predicted molar refractivity (Wildman–Crippen MR) is 81.4 cm³/mol. The molecule has 3 heteroatoms. The minimum absolute atomic E-state index is 0.942. The lowest BCUT2D eigenvalue weighted by Crippen LogP contribution is -2.25. The van der Waals surface area contributed by atoms with Crippen LogP contribution in [0.5, 0.6) is 0 Å². The molecule has 102 valence electrons. The fourth-order valence-corrected chi connectivity index (χ4v) is 3.26. The Labute approximate surface area is 119 Å². The molecular weight excluding hydrogens is 246 g/mol. The third-order valence-electron chi connectivity index (χ3n) is 4.30. The zero-order valence-corrected chi connectivity index (χ0v) is 11.6. The van der Waals surface area contributed by atoms with Gasteiger partial charge in [-0.15, -0.1) is 0 Å². The molecule has 1 aliphatic carbocycles. The zero-order chi connectivity index (χ0) is 13.4. The lowest BCUT2D eigenvalue weighted by Gasteiger charge is -2.24. The lowest BCUT2D eigenvalue weighted by molar-refractivity contribution is 0.710. The lowest BCUT2D eigenvalue weighted by atomic mass is 10.1. The van der Waals surface area contributed by atoms with Gasteiger partial charge in [0.25, 0.3) is 0 Å². The second-order valence-electron chi connectivity index (χ2n) is 5.59. The maximum absolute atomic E-state index is 4.92. The molecule has 1 aliphatic heterocycles. The molecule has 1 N–H and O–H groups in total. The average Bonchev–Trinajstić information content (AvgIpc) is 2.85. The molecule has 0 saturated heterocycles. The number of hydrogen-bond donors (Lipinski definition) is 1. The van der Waals surface area contributed by atoms with Gasteiger partial charge in [0.15, 0.2) is 0 Å². The molecule has 1 aromatic carbocycles. The average molecular weight is 265 g/mol. The van der Waals surface area contributed by atoms with Crippen molar-refractivity contribution in [3.63, 3.8) is 0 Å². The topological polar surface area (TPSA) is 28.2 Å². The Hall–Kier alpha value is -1.87. The van der Waals surface area contributed by atoms with Crippen LogP contribution in [0.25, 0.3) is 0 Å². The second-order valence-corrected chi connectivity index (χ2v) is 5.59. The van der Waals surface area contributed by atoms with Crippen LogP contribution in [0.4, 0.5) is 11.5 Å². The zero-order valence-electron chi connectivity index (χ0n) is 11.6. The molecule has 0 unspecified atom stereocenters. The number of nitrogens with zero attached hydrogens (tertiary/aromatic N) is 2. The van der Waals surface area contributed by atoms with Crippen LogP contribution < -0.4 is 10.2 Å². The van der Waals surface area contributed by atoms with Crippen molar-refractivity contribution >= 4 is 11.5 Å². The van der Waals surface area contributed by atoms with Crippen LogP contribution in [0.15, 0.2) is 36.4 Å². The summed E-state index contributed by atoms with van der Waals surface area (Å²) in [6.07, 6.45) is 3.58. The fraction of sp³-hybridized carbons (Fsp3) is 0.353. The molecular formula is C17H19N3. The molecule has 2 aromatic rings. The Kier molecular flexibility index (Phi) is 2.92. The highest BCUT2D eigenvalue weighted by Gasteiger charge is 2.19. The summed E-state index contributed by atoms with van der Waals surface area (Å²) in [5.74, 6) is 1.10. The molecule has 0 radical (unpaired) electrons. The fourth-order valence-electron chi connectivity index (χ4n) is 3.26. The molecule has 4 rings (SSSR count). The first-order valence-electron chi connectivity index (χ1n) is 7.47. The van der Waals surface area contributed by atoms with Gasteiger partial charge in [0.05, 0.1) is 0 Å². The molecule has 0 saturated carbocycles. The van der Waals surface area contributed by atoms with Gasteiger partial charge in [-0.3, -0.25) is 0 Å². The molecule has 0 fully saturated rings. The van der Waals surface area contributed by atoms with Crippen LogP contribution in [-0.4, -0.2) is 18.1 Å². The maximum Gasteiger partial charge on any atom is 0.133 e. The maximum atomic E-state index is 4.92. The van der Waals surface area contributed by atoms with Crippen LogP contribution in [0.2, 0.25) is 0 Å². The number of pyridine rings is 1. The smallest absolute Gasteiger partial charge is 0.133 e. The third kappa shape index (κ3) is 1.98. The highest BCUT2D eigenvalue weighted by atomic mass is 15.2. The molecule has 0 bridgehead atoms. The summed E-state index contributed by atoms with van der Waals surface area (Å²) in [7, 11) is 0. The Morgan fingerprint density at radius 2 is 1.95 bits per heavy atom. The molecule has 1 aromatic heterocycles. The number of fused-ring (bicyclic) bond motifs is 2. The van der Waals surface area contributed by atoms with Gasteiger partial charge in [-0.2, -0.15) is 0 Å². The first-order valence-corrected chi connectivity index (χ1v) is 7.47. The Morgan fingerprint density at radius 1 is 1.00 bits per heavy atom. The van der Waals surface area contributed by atoms with Crippen molar-refractivity contribution in [2.75, 3.05) is 18.0 Å². The molecule has 3 nitrogen and oxygen atoms in total. The van der Waals surface area contributed by atoms with Crippen molar-refractivity contribution in [3.8, 4) is 0 Å². The number of nitrogens with one attached hydrogen (secondary N) is 1. The summed E-state index contributed by atoms with van der Waals surface area (Å²) in [5, 5.41) is 3.49. The van der Waals surface area contributed by atoms with E-state index in [1.165, 1.54) is 35.3 Å². The van der Waals surface area contributed by atoms with Crippen molar-refractivity contribution in [1.82, 2.24) is 10.3 Å². The minimum atomic E-state index is 0.942. The van der Waals surface area contributed by atoms with E-state index in [0.29, 0.717) is 0 Å². The summed E-state index contributed by atoms with van der Waals surface area (Å²) in [4.78, 5) is 7.27. The molecule has 0 spiro atoms. The van der Waals surface area contributed by atoms with E-state index in [4.69, 9.17) is 4.98 Å². The van der Waals surface area contributed by atoms with Crippen molar-refractivity contribution in [1.29, 1.82) is 0 Å². The van der Waals surface area contributed by atoms with Crippen molar-refractivity contribution < 1.29 is 0 Å². The number of hydrogen-bond acceptors (Lipinski definition) is 3. The summed E-state index contributed by atoms with van der Waals surface area (Å²) >= 11 is 0. The molecule has 0 amide bonds. The number of rotatable bonds is 1. The van der Waals surface area contributed by atoms with E-state index in [1.54, 1.807) is 0 Å². The number of benzene rings is 1. The predicted octanol–water partition coefficient (Wildman–Crippen LogP) is 2.81. The highest BCUT2D eigenvalue weighted by Crippen LogP contribution is 2.30. The summed E-state index contributed by atoms with van der Waals surface area (Å²) in [6.45, 7) is 2.91. The molecule has 2 aliphatic rings. The van der Waals surface area contributed by atoms with Gasteiger partial charge in [-0.25, -0.2) is 4.98 Å². The Morgan fingerprint density at radius 3 is 2.95 bits per heavy atom. The van der Waals surface area contributed by atoms with Crippen LogP contribution in [0.1, 0.15) is 23.2 Å². The van der Waals surface area contributed by atoms with E-state index in [9.17, 15) is 0 Å². The Bertz CT molecular complexity index is 636. The van der Waals surface area contributed by atoms with Crippen LogP contribution >= 0.6 is 0 Å². The van der Waals surface area contributed by atoms with Crippen molar-refractivity contribution in [2.24, 2.45) is 0 Å². The highest BCUT2D eigenvalue weighted by molar-refractivity contribution is 5.65. The molecule has 20 heavy (non-hydrogen) atoms. The van der Waals surface area contributed by atoms with Crippen molar-refractivity contribution in [2.45, 2.75) is 25.8 Å². The van der Waals surface area contributed by atoms with Gasteiger partial charge in [0, 0.05) is 31.0 Å². The summed E-state index contributed by atoms with van der Waals surface area (Å²) < 4.78 is 0. The monoisotopic (exact) mass is 265 g/mol. The second kappa shape index (κ2) is 4.91. The van der Waals surface area contributed by atoms with E-state index in [2.05, 4.69) is 46.6 Å². The van der Waals surface area contributed by atoms with Gasteiger partial charge in [-0.1, -0.05) is 24.3 Å². The van der Waals surface area contributed by atoms with E-state index in [-0.39, 0.29) is 0 Å². The van der Waals surface area contributed by atoms with E-state index in [1.807, 2.05) is 0 Å². The number of aromatic nitrogens is 1. The van der Waals surface area contributed by atoms with Crippen LogP contribution in [-0.2, 0) is 19.4 Å². The first-order chi connectivity index (χ1) is 9.92. The number of anilines is 2. The van der Waals surface area contributed by atoms with Crippen LogP contribution in [0.3, 0.4) is 0 Å². The third-order valence-corrected chi connectivity index (χ3v) is 4.30. The number of aryl methyl sites for hydroxylation is 2. The largest absolute Gasteiger partial charge is 0.325 e. The normalized spacial score (nSPS) is 17.5. The Balaban J connectivity index is 1.78. The quantitative estimate of drug-likeness (QED) is 0.859. The van der Waals surface area contributed by atoms with Gasteiger partial charge in [0.1, 0.15) is 5.82 Å². The minimum Gasteiger partial charge on any atom is -0.325 e. The van der Waals surface area contributed by atoms with Gasteiger partial charge in [-0.05, 0) is 42.5 Å². The molecule has 2 heterocycles. The number of para-hydroxylation sites is 1. The summed E-state index contributed by atoms with van der Waals surface area (Å²) in [6, 6.07) is 13.1. The van der Waals surface area contributed by atoms with Crippen LogP contribution in [0, 0.1) is 0 Å². The first kappa shape index (κ1) is 11.9. The van der Waals surface area contributed by atoms with Gasteiger partial charge >= 0.3 is 0 Å². The van der Waals surface area contributed by atoms with Crippen molar-refractivity contribution in [3.05, 3.63) is 53.2 Å². The van der Waals surface area contributed by atoms with E-state index >= 15 is 0 Å². The molecule has 0 atom stereocenters. The standard InChI is InChI=1S/C17H19N3/c1-2-7-16-14(4-1)12-18-10-11-20(16)17-9-8-13-5-3-6-15(13)19-17/h1-2,4,7-9,18H,3,5-6,10-12H2. The summed E-state index contributed by atoms with van der Waals surface area (Å²) in [5.41, 5.74) is 5.39. The van der Waals surface area contributed by atoms with Gasteiger partial charge < -0.3 is 10.2 Å².